The maximum absolute atomic E-state index is 12.4. The van der Waals surface area contributed by atoms with Gasteiger partial charge in [0, 0.05) is 26.2 Å². The van der Waals surface area contributed by atoms with Gasteiger partial charge in [-0.1, -0.05) is 37.6 Å². The number of nitrogens with one attached hydrogen (secondary N) is 1. The first-order chi connectivity index (χ1) is 12.4. The molecular weight excluding hydrogens is 348 g/mol. The number of fused-ring (bicyclic) bond motifs is 1. The summed E-state index contributed by atoms with van der Waals surface area (Å²) in [5, 5.41) is 8.12. The predicted octanol–water partition coefficient (Wildman–Crippen LogP) is 3.64. The molecule has 1 aliphatic heterocycles. The first kappa shape index (κ1) is 18.9. The largest absolute Gasteiger partial charge is 0.346 e. The van der Waals surface area contributed by atoms with E-state index in [0.29, 0.717) is 23.0 Å². The minimum absolute atomic E-state index is 0.164. The number of halogens is 1. The standard InChI is InChI=1S/C20H27ClN4O/c1-14(2)12-24-8-5-9-25-17(13-24)10-16(23-25)11-22-20(26)18-7-4-6-15(3)19(18)21/h4,6-7,10,14H,5,8-9,11-13H2,1-3H3,(H,22,26). The van der Waals surface area contributed by atoms with Crippen LogP contribution >= 0.6 is 11.6 Å². The minimum atomic E-state index is -0.164. The lowest BCUT2D eigenvalue weighted by molar-refractivity contribution is 0.0950. The molecule has 1 aromatic heterocycles. The van der Waals surface area contributed by atoms with E-state index in [9.17, 15) is 4.79 Å². The fourth-order valence-corrected chi connectivity index (χ4v) is 3.65. The number of amides is 1. The summed E-state index contributed by atoms with van der Waals surface area (Å²) in [5.74, 6) is 0.491. The molecular formula is C20H27ClN4O. The molecule has 3 rings (SSSR count). The third-order valence-electron chi connectivity index (χ3n) is 4.63. The smallest absolute Gasteiger partial charge is 0.253 e. The van der Waals surface area contributed by atoms with Gasteiger partial charge in [0.25, 0.3) is 5.91 Å². The van der Waals surface area contributed by atoms with Crippen LogP contribution in [0.3, 0.4) is 0 Å². The summed E-state index contributed by atoms with van der Waals surface area (Å²) in [6.45, 7) is 10.9. The van der Waals surface area contributed by atoms with Gasteiger partial charge in [0.05, 0.1) is 28.5 Å². The van der Waals surface area contributed by atoms with Gasteiger partial charge in [-0.3, -0.25) is 14.4 Å². The molecule has 0 atom stereocenters. The number of carbonyl (C=O) groups excluding carboxylic acids is 1. The summed E-state index contributed by atoms with van der Waals surface area (Å²) in [5.41, 5.74) is 3.53. The van der Waals surface area contributed by atoms with Crippen molar-refractivity contribution in [2.45, 2.75) is 46.8 Å². The second-order valence-corrected chi connectivity index (χ2v) is 7.83. The molecule has 0 saturated carbocycles. The molecule has 2 heterocycles. The SMILES string of the molecule is Cc1cccc(C(=O)NCc2cc3n(n2)CCCN(CC(C)C)C3)c1Cl. The van der Waals surface area contributed by atoms with Crippen LogP contribution in [0.25, 0.3) is 0 Å². The second-order valence-electron chi connectivity index (χ2n) is 7.45. The van der Waals surface area contributed by atoms with Crippen LogP contribution < -0.4 is 5.32 Å². The number of aryl methyl sites for hydroxylation is 2. The molecule has 0 saturated heterocycles. The molecule has 0 unspecified atom stereocenters. The third-order valence-corrected chi connectivity index (χ3v) is 5.14. The molecule has 0 aliphatic carbocycles. The molecule has 0 radical (unpaired) electrons. The highest BCUT2D eigenvalue weighted by atomic mass is 35.5. The van der Waals surface area contributed by atoms with Crippen LogP contribution in [0.4, 0.5) is 0 Å². The van der Waals surface area contributed by atoms with Crippen molar-refractivity contribution < 1.29 is 4.79 Å². The Balaban J connectivity index is 1.65. The van der Waals surface area contributed by atoms with Gasteiger partial charge in [-0.25, -0.2) is 0 Å². The van der Waals surface area contributed by atoms with Gasteiger partial charge in [-0.15, -0.1) is 0 Å². The Morgan fingerprint density at radius 3 is 2.92 bits per heavy atom. The third kappa shape index (κ3) is 4.46. The number of rotatable bonds is 5. The van der Waals surface area contributed by atoms with Gasteiger partial charge in [0.1, 0.15) is 0 Å². The maximum atomic E-state index is 12.4. The number of hydrogen-bond donors (Lipinski definition) is 1. The Bertz CT molecular complexity index is 784. The predicted molar refractivity (Wildman–Crippen MR) is 104 cm³/mol. The fraction of sp³-hybridized carbons (Fsp3) is 0.500. The van der Waals surface area contributed by atoms with Gasteiger partial charge in [0.15, 0.2) is 0 Å². The molecule has 5 nitrogen and oxygen atoms in total. The highest BCUT2D eigenvalue weighted by Gasteiger charge is 2.18. The van der Waals surface area contributed by atoms with E-state index >= 15 is 0 Å². The average Bonchev–Trinajstić information content (AvgIpc) is 2.87. The molecule has 0 fully saturated rings. The lowest BCUT2D eigenvalue weighted by Crippen LogP contribution is -2.27. The van der Waals surface area contributed by atoms with Gasteiger partial charge in [0.2, 0.25) is 0 Å². The topological polar surface area (TPSA) is 50.2 Å². The van der Waals surface area contributed by atoms with E-state index < -0.39 is 0 Å². The van der Waals surface area contributed by atoms with Gasteiger partial charge in [-0.05, 0) is 37.0 Å². The van der Waals surface area contributed by atoms with Crippen LogP contribution in [0.1, 0.15) is 47.6 Å². The summed E-state index contributed by atoms with van der Waals surface area (Å²) >= 11 is 6.24. The number of carbonyl (C=O) groups is 1. The zero-order chi connectivity index (χ0) is 18.7. The van der Waals surface area contributed by atoms with Crippen LogP contribution in [-0.2, 0) is 19.6 Å². The van der Waals surface area contributed by atoms with E-state index in [0.717, 1.165) is 43.9 Å². The minimum Gasteiger partial charge on any atom is -0.346 e. The molecule has 0 spiro atoms. The first-order valence-electron chi connectivity index (χ1n) is 9.25. The van der Waals surface area contributed by atoms with E-state index in [-0.39, 0.29) is 5.91 Å². The molecule has 26 heavy (non-hydrogen) atoms. The molecule has 1 aromatic carbocycles. The summed E-state index contributed by atoms with van der Waals surface area (Å²) < 4.78 is 2.08. The highest BCUT2D eigenvalue weighted by molar-refractivity contribution is 6.34. The molecule has 140 valence electrons. The van der Waals surface area contributed by atoms with E-state index in [4.69, 9.17) is 11.6 Å². The zero-order valence-corrected chi connectivity index (χ0v) is 16.5. The summed E-state index contributed by atoms with van der Waals surface area (Å²) in [6, 6.07) is 7.60. The Labute approximate surface area is 160 Å². The van der Waals surface area contributed by atoms with Crippen LogP contribution in [-0.4, -0.2) is 33.7 Å². The monoisotopic (exact) mass is 374 g/mol. The van der Waals surface area contributed by atoms with Gasteiger partial charge in [-0.2, -0.15) is 5.10 Å². The summed E-state index contributed by atoms with van der Waals surface area (Å²) in [4.78, 5) is 14.9. The normalized spacial score (nSPS) is 15.0. The van der Waals surface area contributed by atoms with Crippen molar-refractivity contribution in [3.8, 4) is 0 Å². The van der Waals surface area contributed by atoms with E-state index in [1.54, 1.807) is 6.07 Å². The molecule has 1 N–H and O–H groups in total. The van der Waals surface area contributed by atoms with Crippen molar-refractivity contribution >= 4 is 17.5 Å². The lowest BCUT2D eigenvalue weighted by Gasteiger charge is -2.21. The number of aromatic nitrogens is 2. The Kier molecular flexibility index (Phi) is 5.99. The quantitative estimate of drug-likeness (QED) is 0.869. The van der Waals surface area contributed by atoms with Crippen LogP contribution in [0.5, 0.6) is 0 Å². The van der Waals surface area contributed by atoms with Crippen molar-refractivity contribution in [1.29, 1.82) is 0 Å². The van der Waals surface area contributed by atoms with Gasteiger partial charge >= 0.3 is 0 Å². The Morgan fingerprint density at radius 2 is 2.15 bits per heavy atom. The van der Waals surface area contributed by atoms with Gasteiger partial charge < -0.3 is 5.32 Å². The van der Waals surface area contributed by atoms with E-state index in [2.05, 4.69) is 39.9 Å². The lowest BCUT2D eigenvalue weighted by atomic mass is 10.1. The zero-order valence-electron chi connectivity index (χ0n) is 15.8. The summed E-state index contributed by atoms with van der Waals surface area (Å²) in [7, 11) is 0. The number of benzene rings is 1. The van der Waals surface area contributed by atoms with Crippen molar-refractivity contribution in [3.63, 3.8) is 0 Å². The number of nitrogens with zero attached hydrogens (tertiary/aromatic N) is 3. The van der Waals surface area contributed by atoms with Crippen molar-refractivity contribution in [3.05, 3.63) is 51.8 Å². The van der Waals surface area contributed by atoms with E-state index in [1.165, 1.54) is 5.69 Å². The molecule has 6 heteroatoms. The van der Waals surface area contributed by atoms with Crippen LogP contribution in [0, 0.1) is 12.8 Å². The van der Waals surface area contributed by atoms with E-state index in [1.807, 2.05) is 19.1 Å². The maximum Gasteiger partial charge on any atom is 0.253 e. The molecule has 2 aromatic rings. The average molecular weight is 375 g/mol. The fourth-order valence-electron chi connectivity index (χ4n) is 3.44. The first-order valence-corrected chi connectivity index (χ1v) is 9.63. The van der Waals surface area contributed by atoms with Crippen LogP contribution in [0.2, 0.25) is 5.02 Å². The molecule has 1 amide bonds. The Hall–Kier alpha value is -1.85. The number of hydrogen-bond acceptors (Lipinski definition) is 3. The summed E-state index contributed by atoms with van der Waals surface area (Å²) in [6.07, 6.45) is 1.10. The van der Waals surface area contributed by atoms with Crippen LogP contribution in [0.15, 0.2) is 24.3 Å². The van der Waals surface area contributed by atoms with Crippen molar-refractivity contribution in [1.82, 2.24) is 20.0 Å². The highest BCUT2D eigenvalue weighted by Crippen LogP contribution is 2.20. The molecule has 1 aliphatic rings. The van der Waals surface area contributed by atoms with Crippen molar-refractivity contribution in [2.75, 3.05) is 13.1 Å². The second kappa shape index (κ2) is 8.23. The van der Waals surface area contributed by atoms with Crippen molar-refractivity contribution in [2.24, 2.45) is 5.92 Å². The molecule has 0 bridgehead atoms. The Morgan fingerprint density at radius 1 is 1.35 bits per heavy atom.